The first-order valence-electron chi connectivity index (χ1n) is 6.19. The number of likely N-dealkylation sites (N-methyl/N-ethyl adjacent to an activating group) is 1. The maximum atomic E-state index is 4.49. The van der Waals surface area contributed by atoms with Crippen LogP contribution < -0.4 is 4.90 Å². The van der Waals surface area contributed by atoms with Crippen LogP contribution in [0.4, 0.5) is 5.69 Å². The van der Waals surface area contributed by atoms with Crippen molar-refractivity contribution in [2.45, 2.75) is 0 Å². The van der Waals surface area contributed by atoms with Crippen LogP contribution in [0.25, 0.3) is 11.0 Å². The molecule has 3 rings (SSSR count). The molecule has 1 aliphatic heterocycles. The summed E-state index contributed by atoms with van der Waals surface area (Å²) in [6.45, 7) is 4.42. The molecule has 1 saturated heterocycles. The van der Waals surface area contributed by atoms with E-state index in [4.69, 9.17) is 0 Å². The first kappa shape index (κ1) is 12.0. The van der Waals surface area contributed by atoms with E-state index >= 15 is 0 Å². The van der Waals surface area contributed by atoms with Crippen LogP contribution in [0, 0.1) is 0 Å². The first-order valence-corrected chi connectivity index (χ1v) is 6.98. The molecule has 0 amide bonds. The first-order chi connectivity index (χ1) is 8.65. The summed E-state index contributed by atoms with van der Waals surface area (Å²) < 4.78 is 3.15. The number of rotatable bonds is 1. The molecule has 0 bridgehead atoms. The van der Waals surface area contributed by atoms with Gasteiger partial charge in [0.1, 0.15) is 5.65 Å². The average Bonchev–Trinajstić information content (AvgIpc) is 2.67. The Morgan fingerprint density at radius 3 is 2.61 bits per heavy atom. The lowest BCUT2D eigenvalue weighted by Crippen LogP contribution is -2.44. The second-order valence-electron chi connectivity index (χ2n) is 4.94. The molecule has 96 valence electrons. The van der Waals surface area contributed by atoms with Crippen LogP contribution in [0.2, 0.25) is 0 Å². The van der Waals surface area contributed by atoms with Crippen LogP contribution in [-0.2, 0) is 7.05 Å². The molecule has 0 aliphatic carbocycles. The maximum absolute atomic E-state index is 4.49. The van der Waals surface area contributed by atoms with Gasteiger partial charge in [-0.15, -0.1) is 0 Å². The summed E-state index contributed by atoms with van der Waals surface area (Å²) in [7, 11) is 4.24. The molecule has 3 heterocycles. The minimum atomic E-state index is 1.04. The molecule has 2 aromatic heterocycles. The molecule has 0 spiro atoms. The normalized spacial score (nSPS) is 17.6. The fraction of sp³-hybridized carbons (Fsp3) is 0.462. The lowest BCUT2D eigenvalue weighted by Gasteiger charge is -2.33. The maximum Gasteiger partial charge on any atom is 0.141 e. The number of aryl methyl sites for hydroxylation is 1. The summed E-state index contributed by atoms with van der Waals surface area (Å²) >= 11 is 3.51. The van der Waals surface area contributed by atoms with Gasteiger partial charge in [-0.1, -0.05) is 0 Å². The van der Waals surface area contributed by atoms with Crippen molar-refractivity contribution in [1.82, 2.24) is 14.5 Å². The minimum absolute atomic E-state index is 1.04. The third kappa shape index (κ3) is 2.01. The Balaban J connectivity index is 2.03. The van der Waals surface area contributed by atoms with Crippen LogP contribution in [-0.4, -0.2) is 47.7 Å². The zero-order valence-electron chi connectivity index (χ0n) is 10.7. The van der Waals surface area contributed by atoms with Crippen molar-refractivity contribution in [2.75, 3.05) is 38.1 Å². The highest BCUT2D eigenvalue weighted by atomic mass is 79.9. The van der Waals surface area contributed by atoms with Crippen LogP contribution in [0.5, 0.6) is 0 Å². The number of piperazine rings is 1. The van der Waals surface area contributed by atoms with Crippen molar-refractivity contribution in [3.63, 3.8) is 0 Å². The van der Waals surface area contributed by atoms with Crippen LogP contribution in [0.1, 0.15) is 0 Å². The number of pyridine rings is 1. The molecule has 0 radical (unpaired) electrons. The topological polar surface area (TPSA) is 24.3 Å². The summed E-state index contributed by atoms with van der Waals surface area (Å²) in [6.07, 6.45) is 4.05. The minimum Gasteiger partial charge on any atom is -0.367 e. The van der Waals surface area contributed by atoms with Crippen LogP contribution >= 0.6 is 15.9 Å². The number of nitrogens with zero attached hydrogens (tertiary/aromatic N) is 4. The third-order valence-corrected chi connectivity index (χ3v) is 4.04. The number of halogens is 1. The van der Waals surface area contributed by atoms with E-state index < -0.39 is 0 Å². The van der Waals surface area contributed by atoms with E-state index in [1.807, 2.05) is 6.20 Å². The van der Waals surface area contributed by atoms with Crippen molar-refractivity contribution in [3.05, 3.63) is 22.9 Å². The number of hydrogen-bond donors (Lipinski definition) is 0. The standard InChI is InChI=1S/C13H17BrN4/c1-16-3-5-18(6-4-16)12-9-17(2)13-11(12)7-10(14)8-15-13/h7-9H,3-6H2,1-2H3. The molecule has 5 heteroatoms. The van der Waals surface area contributed by atoms with Gasteiger partial charge in [0.05, 0.1) is 5.69 Å². The lowest BCUT2D eigenvalue weighted by molar-refractivity contribution is 0.313. The number of fused-ring (bicyclic) bond motifs is 1. The van der Waals surface area contributed by atoms with Gasteiger partial charge in [0.25, 0.3) is 0 Å². The van der Waals surface area contributed by atoms with Crippen LogP contribution in [0.3, 0.4) is 0 Å². The Hall–Kier alpha value is -1.07. The SMILES string of the molecule is CN1CCN(c2cn(C)c3ncc(Br)cc23)CC1. The molecule has 1 aliphatic rings. The third-order valence-electron chi connectivity index (χ3n) is 3.60. The zero-order valence-corrected chi connectivity index (χ0v) is 12.3. The largest absolute Gasteiger partial charge is 0.367 e. The molecule has 2 aromatic rings. The number of aromatic nitrogens is 2. The summed E-state index contributed by atoms with van der Waals surface area (Å²) in [5.41, 5.74) is 2.35. The Kier molecular flexibility index (Phi) is 3.03. The fourth-order valence-electron chi connectivity index (χ4n) is 2.52. The van der Waals surface area contributed by atoms with E-state index in [1.54, 1.807) is 0 Å². The second kappa shape index (κ2) is 4.55. The lowest BCUT2D eigenvalue weighted by atomic mass is 10.2. The predicted molar refractivity (Wildman–Crippen MR) is 78.1 cm³/mol. The smallest absolute Gasteiger partial charge is 0.141 e. The Bertz CT molecular complexity index is 570. The summed E-state index contributed by atoms with van der Waals surface area (Å²) in [4.78, 5) is 9.32. The van der Waals surface area contributed by atoms with Gasteiger partial charge < -0.3 is 14.4 Å². The molecule has 4 nitrogen and oxygen atoms in total. The van der Waals surface area contributed by atoms with Crippen molar-refractivity contribution >= 4 is 32.7 Å². The van der Waals surface area contributed by atoms with Crippen molar-refractivity contribution in [1.29, 1.82) is 0 Å². The Morgan fingerprint density at radius 1 is 1.17 bits per heavy atom. The molecule has 0 unspecified atom stereocenters. The molecular weight excluding hydrogens is 292 g/mol. The van der Waals surface area contributed by atoms with Gasteiger partial charge in [-0.25, -0.2) is 4.98 Å². The van der Waals surface area contributed by atoms with Gasteiger partial charge >= 0.3 is 0 Å². The fourth-order valence-corrected chi connectivity index (χ4v) is 2.85. The molecule has 18 heavy (non-hydrogen) atoms. The summed E-state index contributed by atoms with van der Waals surface area (Å²) in [6, 6.07) is 2.16. The molecule has 0 N–H and O–H groups in total. The second-order valence-corrected chi connectivity index (χ2v) is 5.86. The highest BCUT2D eigenvalue weighted by Gasteiger charge is 2.18. The highest BCUT2D eigenvalue weighted by molar-refractivity contribution is 9.10. The van der Waals surface area contributed by atoms with Gasteiger partial charge in [0, 0.05) is 55.5 Å². The van der Waals surface area contributed by atoms with Crippen molar-refractivity contribution in [3.8, 4) is 0 Å². The Labute approximate surface area is 115 Å². The zero-order chi connectivity index (χ0) is 12.7. The van der Waals surface area contributed by atoms with Gasteiger partial charge in [0.15, 0.2) is 0 Å². The van der Waals surface area contributed by atoms with Gasteiger partial charge in [-0.3, -0.25) is 0 Å². The molecule has 1 fully saturated rings. The molecule has 0 saturated carbocycles. The van der Waals surface area contributed by atoms with Crippen LogP contribution in [0.15, 0.2) is 22.9 Å². The van der Waals surface area contributed by atoms with E-state index in [1.165, 1.54) is 11.1 Å². The molecular formula is C13H17BrN4. The number of hydrogen-bond acceptors (Lipinski definition) is 3. The van der Waals surface area contributed by atoms with E-state index in [2.05, 4.69) is 61.6 Å². The van der Waals surface area contributed by atoms with Crippen molar-refractivity contribution < 1.29 is 0 Å². The highest BCUT2D eigenvalue weighted by Crippen LogP contribution is 2.30. The van der Waals surface area contributed by atoms with Crippen molar-refractivity contribution in [2.24, 2.45) is 7.05 Å². The van der Waals surface area contributed by atoms with E-state index in [0.29, 0.717) is 0 Å². The van der Waals surface area contributed by atoms with E-state index in [9.17, 15) is 0 Å². The van der Waals surface area contributed by atoms with Gasteiger partial charge in [-0.2, -0.15) is 0 Å². The quantitative estimate of drug-likeness (QED) is 0.806. The monoisotopic (exact) mass is 308 g/mol. The average molecular weight is 309 g/mol. The van der Waals surface area contributed by atoms with Gasteiger partial charge in [-0.05, 0) is 29.0 Å². The predicted octanol–water partition coefficient (Wildman–Crippen LogP) is 2.09. The molecule has 0 atom stereocenters. The number of anilines is 1. The Morgan fingerprint density at radius 2 is 1.89 bits per heavy atom. The summed E-state index contributed by atoms with van der Waals surface area (Å²) in [5, 5.41) is 1.23. The van der Waals surface area contributed by atoms with E-state index in [-0.39, 0.29) is 0 Å². The summed E-state index contributed by atoms with van der Waals surface area (Å²) in [5.74, 6) is 0. The van der Waals surface area contributed by atoms with Gasteiger partial charge in [0.2, 0.25) is 0 Å². The molecule has 0 aromatic carbocycles. The van der Waals surface area contributed by atoms with E-state index in [0.717, 1.165) is 36.3 Å².